The minimum absolute atomic E-state index is 0. The number of thiazole rings is 1. The highest BCUT2D eigenvalue weighted by Crippen LogP contribution is 2.34. The molecule has 2 aromatic carbocycles. The molecular weight excluding hydrogens is 457 g/mol. The highest BCUT2D eigenvalue weighted by molar-refractivity contribution is 8.00. The fraction of sp³-hybridized carbons (Fsp3) is 0.364. The third kappa shape index (κ3) is 6.55. The number of rotatable bonds is 10. The zero-order chi connectivity index (χ0) is 21.5. The molecule has 0 bridgehead atoms. The number of benzene rings is 2. The summed E-state index contributed by atoms with van der Waals surface area (Å²) in [7, 11) is 1.62. The predicted molar refractivity (Wildman–Crippen MR) is 131 cm³/mol. The van der Waals surface area contributed by atoms with Crippen LogP contribution in [0.5, 0.6) is 5.75 Å². The predicted octanol–water partition coefficient (Wildman–Crippen LogP) is 5.33. The Kier molecular flexibility index (Phi) is 10.0. The van der Waals surface area contributed by atoms with Gasteiger partial charge < -0.3 is 9.64 Å². The second-order valence-corrected chi connectivity index (χ2v) is 8.68. The molecule has 0 saturated heterocycles. The fourth-order valence-electron chi connectivity index (χ4n) is 3.05. The molecule has 0 radical (unpaired) electrons. The molecule has 5 nitrogen and oxygen atoms in total. The smallest absolute Gasteiger partial charge is 0.239 e. The van der Waals surface area contributed by atoms with Gasteiger partial charge in [0.05, 0.1) is 17.6 Å². The molecule has 0 aliphatic carbocycles. The summed E-state index contributed by atoms with van der Waals surface area (Å²) < 4.78 is 19.5. The first-order chi connectivity index (χ1) is 14.5. The molecule has 3 aromatic rings. The summed E-state index contributed by atoms with van der Waals surface area (Å²) in [5.74, 6) is 0.660. The van der Waals surface area contributed by atoms with E-state index in [2.05, 4.69) is 18.7 Å². The van der Waals surface area contributed by atoms with Gasteiger partial charge in [0.2, 0.25) is 5.91 Å². The van der Waals surface area contributed by atoms with Crippen LogP contribution in [0.15, 0.2) is 47.4 Å². The van der Waals surface area contributed by atoms with E-state index in [1.807, 2.05) is 18.2 Å². The summed E-state index contributed by atoms with van der Waals surface area (Å²) in [6.45, 7) is 7.41. The van der Waals surface area contributed by atoms with Crippen molar-refractivity contribution < 1.29 is 13.9 Å². The van der Waals surface area contributed by atoms with Crippen LogP contribution in [0.3, 0.4) is 0 Å². The van der Waals surface area contributed by atoms with Crippen molar-refractivity contribution in [2.45, 2.75) is 18.7 Å². The van der Waals surface area contributed by atoms with Crippen molar-refractivity contribution >= 4 is 56.8 Å². The van der Waals surface area contributed by atoms with E-state index in [1.165, 1.54) is 35.2 Å². The van der Waals surface area contributed by atoms with Crippen LogP contribution in [0.1, 0.15) is 13.8 Å². The molecule has 3 rings (SSSR count). The number of halogens is 2. The van der Waals surface area contributed by atoms with Gasteiger partial charge in [-0.25, -0.2) is 9.37 Å². The minimum atomic E-state index is -0.282. The average molecular weight is 484 g/mol. The number of fused-ring (bicyclic) bond motifs is 1. The number of para-hydroxylation sites is 1. The van der Waals surface area contributed by atoms with Crippen molar-refractivity contribution in [3.05, 3.63) is 48.3 Å². The Morgan fingerprint density at radius 2 is 1.84 bits per heavy atom. The van der Waals surface area contributed by atoms with Gasteiger partial charge in [-0.05, 0) is 49.5 Å². The van der Waals surface area contributed by atoms with E-state index in [4.69, 9.17) is 9.72 Å². The molecule has 168 valence electrons. The standard InChI is InChI=1S/C22H26FN3O2S2.ClH/c1-4-25(5-2)13-14-26(20(27)15-29-17-11-9-16(23)10-12-17)22-24-21-18(28-3)7-6-8-19(21)30-22;/h6-12H,4-5,13-15H2,1-3H3;1H. The summed E-state index contributed by atoms with van der Waals surface area (Å²) >= 11 is 2.89. The highest BCUT2D eigenvalue weighted by Gasteiger charge is 2.21. The maximum atomic E-state index is 13.2. The van der Waals surface area contributed by atoms with Gasteiger partial charge in [0.15, 0.2) is 5.13 Å². The summed E-state index contributed by atoms with van der Waals surface area (Å²) in [5, 5.41) is 0.673. The van der Waals surface area contributed by atoms with Crippen LogP contribution in [0.2, 0.25) is 0 Å². The summed E-state index contributed by atoms with van der Waals surface area (Å²) in [5.41, 5.74) is 0.770. The molecule has 1 aromatic heterocycles. The van der Waals surface area contributed by atoms with Crippen molar-refractivity contribution in [1.29, 1.82) is 0 Å². The van der Waals surface area contributed by atoms with Crippen molar-refractivity contribution in [2.75, 3.05) is 43.9 Å². The third-order valence-electron chi connectivity index (χ3n) is 4.83. The van der Waals surface area contributed by atoms with Gasteiger partial charge in [0.1, 0.15) is 17.1 Å². The number of aromatic nitrogens is 1. The number of hydrogen-bond acceptors (Lipinski definition) is 6. The lowest BCUT2D eigenvalue weighted by molar-refractivity contribution is -0.116. The first-order valence-electron chi connectivity index (χ1n) is 9.90. The Morgan fingerprint density at radius 3 is 2.48 bits per heavy atom. The van der Waals surface area contributed by atoms with E-state index < -0.39 is 0 Å². The van der Waals surface area contributed by atoms with E-state index >= 15 is 0 Å². The summed E-state index contributed by atoms with van der Waals surface area (Å²) in [6.07, 6.45) is 0. The van der Waals surface area contributed by atoms with Gasteiger partial charge in [-0.1, -0.05) is 31.3 Å². The normalized spacial score (nSPS) is 10.9. The second-order valence-electron chi connectivity index (χ2n) is 6.62. The largest absolute Gasteiger partial charge is 0.494 e. The maximum Gasteiger partial charge on any atom is 0.239 e. The number of carbonyl (C=O) groups is 1. The van der Waals surface area contributed by atoms with Gasteiger partial charge in [-0.3, -0.25) is 9.69 Å². The molecule has 0 aliphatic rings. The zero-order valence-corrected chi connectivity index (χ0v) is 20.3. The van der Waals surface area contributed by atoms with Crippen LogP contribution < -0.4 is 9.64 Å². The Bertz CT molecular complexity index is 981. The number of hydrogen-bond donors (Lipinski definition) is 0. The molecule has 0 saturated carbocycles. The van der Waals surface area contributed by atoms with E-state index in [0.717, 1.165) is 34.7 Å². The highest BCUT2D eigenvalue weighted by atomic mass is 35.5. The van der Waals surface area contributed by atoms with Gasteiger partial charge in [-0.2, -0.15) is 0 Å². The SMILES string of the molecule is CCN(CC)CCN(C(=O)CSc1ccc(F)cc1)c1nc2c(OC)cccc2s1.Cl. The molecule has 0 atom stereocenters. The Morgan fingerprint density at radius 1 is 1.13 bits per heavy atom. The van der Waals surface area contributed by atoms with Crippen LogP contribution in [0, 0.1) is 5.82 Å². The average Bonchev–Trinajstić information content (AvgIpc) is 3.20. The van der Waals surface area contributed by atoms with Crippen molar-refractivity contribution in [2.24, 2.45) is 0 Å². The lowest BCUT2D eigenvalue weighted by Gasteiger charge is -2.24. The molecule has 0 aliphatic heterocycles. The molecule has 0 spiro atoms. The van der Waals surface area contributed by atoms with Crippen LogP contribution in [-0.4, -0.2) is 54.8 Å². The van der Waals surface area contributed by atoms with Crippen LogP contribution in [0.4, 0.5) is 9.52 Å². The number of likely N-dealkylation sites (N-methyl/N-ethyl adjacent to an activating group) is 1. The summed E-state index contributed by atoms with van der Waals surface area (Å²) in [4.78, 5) is 22.8. The minimum Gasteiger partial charge on any atom is -0.494 e. The lowest BCUT2D eigenvalue weighted by atomic mass is 10.3. The Labute approximate surface area is 197 Å². The van der Waals surface area contributed by atoms with Gasteiger partial charge in [0.25, 0.3) is 0 Å². The number of thioether (sulfide) groups is 1. The number of methoxy groups -OCH3 is 1. The molecular formula is C22H27ClFN3O2S2. The molecule has 31 heavy (non-hydrogen) atoms. The number of anilines is 1. The monoisotopic (exact) mass is 483 g/mol. The van der Waals surface area contributed by atoms with Crippen LogP contribution in [0.25, 0.3) is 10.2 Å². The van der Waals surface area contributed by atoms with Gasteiger partial charge in [0, 0.05) is 18.0 Å². The third-order valence-corrected chi connectivity index (χ3v) is 6.87. The summed E-state index contributed by atoms with van der Waals surface area (Å²) in [6, 6.07) is 12.0. The van der Waals surface area contributed by atoms with Crippen LogP contribution in [-0.2, 0) is 4.79 Å². The number of amides is 1. The molecule has 1 heterocycles. The first-order valence-corrected chi connectivity index (χ1v) is 11.7. The number of ether oxygens (including phenoxy) is 1. The van der Waals surface area contributed by atoms with Gasteiger partial charge in [-0.15, -0.1) is 24.2 Å². The molecule has 0 N–H and O–H groups in total. The van der Waals surface area contributed by atoms with Crippen molar-refractivity contribution in [1.82, 2.24) is 9.88 Å². The first kappa shape index (κ1) is 25.4. The molecule has 0 unspecified atom stereocenters. The van der Waals surface area contributed by atoms with E-state index in [9.17, 15) is 9.18 Å². The van der Waals surface area contributed by atoms with Crippen molar-refractivity contribution in [3.8, 4) is 5.75 Å². The Balaban J connectivity index is 0.00000341. The molecule has 9 heteroatoms. The number of carbonyl (C=O) groups excluding carboxylic acids is 1. The fourth-order valence-corrected chi connectivity index (χ4v) is 4.85. The lowest BCUT2D eigenvalue weighted by Crippen LogP contribution is -2.39. The zero-order valence-electron chi connectivity index (χ0n) is 17.8. The maximum absolute atomic E-state index is 13.2. The molecule has 1 amide bonds. The van der Waals surface area contributed by atoms with Gasteiger partial charge >= 0.3 is 0 Å². The van der Waals surface area contributed by atoms with Crippen LogP contribution >= 0.6 is 35.5 Å². The topological polar surface area (TPSA) is 45.7 Å². The molecule has 0 fully saturated rings. The van der Waals surface area contributed by atoms with E-state index in [0.29, 0.717) is 17.4 Å². The van der Waals surface area contributed by atoms with E-state index in [-0.39, 0.29) is 29.9 Å². The quantitative estimate of drug-likeness (QED) is 0.364. The van der Waals surface area contributed by atoms with Crippen molar-refractivity contribution in [3.63, 3.8) is 0 Å². The second kappa shape index (κ2) is 12.2. The Hall–Kier alpha value is -1.87. The van der Waals surface area contributed by atoms with E-state index in [1.54, 1.807) is 24.1 Å². The number of nitrogens with zero attached hydrogens (tertiary/aromatic N) is 3.